The maximum Gasteiger partial charge on any atom is 0.433 e. The first-order valence-electron chi connectivity index (χ1n) is 11.2. The number of alkyl halides is 3. The van der Waals surface area contributed by atoms with Gasteiger partial charge in [-0.25, -0.2) is 23.4 Å². The molecule has 1 aliphatic rings. The number of benzene rings is 1. The van der Waals surface area contributed by atoms with Crippen molar-refractivity contribution in [3.8, 4) is 0 Å². The summed E-state index contributed by atoms with van der Waals surface area (Å²) in [4.78, 5) is 27.7. The number of sulfone groups is 1. The summed E-state index contributed by atoms with van der Waals surface area (Å²) in [6, 6.07) is 6.66. The molecule has 1 aliphatic heterocycles. The fourth-order valence-electron chi connectivity index (χ4n) is 4.01. The zero-order chi connectivity index (χ0) is 26.3. The highest BCUT2D eigenvalue weighted by molar-refractivity contribution is 7.91. The van der Waals surface area contributed by atoms with Gasteiger partial charge in [0, 0.05) is 6.20 Å². The molecule has 0 radical (unpaired) electrons. The van der Waals surface area contributed by atoms with Gasteiger partial charge in [0.25, 0.3) is 0 Å². The van der Waals surface area contributed by atoms with E-state index in [2.05, 4.69) is 20.3 Å². The van der Waals surface area contributed by atoms with Crippen molar-refractivity contribution < 1.29 is 26.4 Å². The molecule has 1 N–H and O–H groups in total. The number of amides is 1. The Balaban J connectivity index is 1.48. The Kier molecular flexibility index (Phi) is 7.06. The molecule has 13 heteroatoms. The van der Waals surface area contributed by atoms with E-state index in [0.717, 1.165) is 17.1 Å². The van der Waals surface area contributed by atoms with E-state index in [-0.39, 0.29) is 47.4 Å². The fraction of sp³-hybridized carbons (Fsp3) is 0.391. The van der Waals surface area contributed by atoms with E-state index >= 15 is 0 Å². The molecule has 3 heterocycles. The first kappa shape index (κ1) is 26.0. The molecule has 0 saturated heterocycles. The topological polar surface area (TPSA) is 105 Å². The molecule has 1 aromatic carbocycles. The molecule has 0 aliphatic carbocycles. The van der Waals surface area contributed by atoms with Crippen LogP contribution in [0.4, 0.5) is 24.3 Å². The predicted molar refractivity (Wildman–Crippen MR) is 129 cm³/mol. The predicted octanol–water partition coefficient (Wildman–Crippen LogP) is 4.64. The van der Waals surface area contributed by atoms with Gasteiger partial charge < -0.3 is 10.2 Å². The Labute approximate surface area is 210 Å². The molecule has 1 atom stereocenters. The largest absolute Gasteiger partial charge is 0.433 e. The summed E-state index contributed by atoms with van der Waals surface area (Å²) in [5, 5.41) is 3.16. The highest BCUT2D eigenvalue weighted by Gasteiger charge is 2.39. The van der Waals surface area contributed by atoms with Crippen molar-refractivity contribution in [2.75, 3.05) is 16.0 Å². The van der Waals surface area contributed by atoms with Crippen molar-refractivity contribution in [2.24, 2.45) is 5.92 Å². The number of nitrogens with zero attached hydrogens (tertiary/aromatic N) is 4. The first-order valence-corrected chi connectivity index (χ1v) is 13.6. The Bertz CT molecular complexity index is 1370. The second kappa shape index (κ2) is 9.77. The van der Waals surface area contributed by atoms with E-state index in [0.29, 0.717) is 16.4 Å². The monoisotopic (exact) mass is 539 g/mol. The standard InChI is InChI=1S/C23H24F3N5O3S2/c1-4-36(33,34)15-7-5-14(6-8-15)11-18(32)29-22-30-19-16(35-22)12-31(20(19)13(2)3)21-27-10-9-17(28-21)23(24,25)26/h5-10,13,20H,4,11-12H2,1-3H3,(H,29,30,32). The summed E-state index contributed by atoms with van der Waals surface area (Å²) >= 11 is 1.26. The van der Waals surface area contributed by atoms with E-state index in [1.165, 1.54) is 23.5 Å². The van der Waals surface area contributed by atoms with Crippen molar-refractivity contribution in [3.63, 3.8) is 0 Å². The highest BCUT2D eigenvalue weighted by atomic mass is 32.2. The number of carbonyl (C=O) groups is 1. The second-order valence-corrected chi connectivity index (χ2v) is 12.0. The Morgan fingerprint density at radius 3 is 2.50 bits per heavy atom. The Morgan fingerprint density at radius 2 is 1.89 bits per heavy atom. The number of carbonyl (C=O) groups excluding carboxylic acids is 1. The SMILES string of the molecule is CCS(=O)(=O)c1ccc(CC(=O)Nc2nc3c(s2)CN(c2nccc(C(F)(F)F)n2)C3C(C)C)cc1. The van der Waals surface area contributed by atoms with Crippen LogP contribution in [0.1, 0.15) is 48.6 Å². The van der Waals surface area contributed by atoms with Gasteiger partial charge in [-0.15, -0.1) is 0 Å². The summed E-state index contributed by atoms with van der Waals surface area (Å²) < 4.78 is 63.3. The van der Waals surface area contributed by atoms with Crippen LogP contribution < -0.4 is 10.2 Å². The zero-order valence-corrected chi connectivity index (χ0v) is 21.3. The van der Waals surface area contributed by atoms with E-state index < -0.39 is 21.7 Å². The van der Waals surface area contributed by atoms with E-state index in [9.17, 15) is 26.4 Å². The Hall–Kier alpha value is -3.06. The van der Waals surface area contributed by atoms with E-state index in [1.807, 2.05) is 13.8 Å². The van der Waals surface area contributed by atoms with E-state index in [1.54, 1.807) is 24.0 Å². The van der Waals surface area contributed by atoms with Crippen molar-refractivity contribution >= 4 is 38.2 Å². The molecule has 4 rings (SSSR count). The van der Waals surface area contributed by atoms with Crippen molar-refractivity contribution in [1.29, 1.82) is 0 Å². The Morgan fingerprint density at radius 1 is 1.19 bits per heavy atom. The third-order valence-corrected chi connectivity index (χ3v) is 8.47. The lowest BCUT2D eigenvalue weighted by molar-refractivity contribution is -0.141. The number of halogens is 3. The van der Waals surface area contributed by atoms with Gasteiger partial charge in [-0.2, -0.15) is 13.2 Å². The van der Waals surface area contributed by atoms with Crippen molar-refractivity contribution in [1.82, 2.24) is 15.0 Å². The fourth-order valence-corrected chi connectivity index (χ4v) is 5.91. The van der Waals surface area contributed by atoms with Gasteiger partial charge in [0.05, 0.1) is 40.2 Å². The number of fused-ring (bicyclic) bond motifs is 1. The van der Waals surface area contributed by atoms with Crippen LogP contribution in [0.25, 0.3) is 0 Å². The number of hydrogen-bond donors (Lipinski definition) is 1. The van der Waals surface area contributed by atoms with Crippen molar-refractivity contribution in [3.05, 3.63) is 58.4 Å². The highest BCUT2D eigenvalue weighted by Crippen LogP contribution is 2.44. The normalized spacial score (nSPS) is 15.9. The summed E-state index contributed by atoms with van der Waals surface area (Å²) in [7, 11) is -3.31. The quantitative estimate of drug-likeness (QED) is 0.466. The molecule has 2 aromatic heterocycles. The number of thiazole rings is 1. The molecule has 3 aromatic rings. The van der Waals surface area contributed by atoms with Gasteiger partial charge >= 0.3 is 6.18 Å². The average molecular weight is 540 g/mol. The summed E-state index contributed by atoms with van der Waals surface area (Å²) in [6.45, 7) is 5.71. The van der Waals surface area contributed by atoms with Crippen LogP contribution in [0.5, 0.6) is 0 Å². The average Bonchev–Trinajstić information content (AvgIpc) is 3.36. The molecule has 0 saturated carbocycles. The summed E-state index contributed by atoms with van der Waals surface area (Å²) in [6.07, 6.45) is -3.44. The van der Waals surface area contributed by atoms with Gasteiger partial charge in [-0.3, -0.25) is 4.79 Å². The van der Waals surface area contributed by atoms with E-state index in [4.69, 9.17) is 0 Å². The molecule has 0 bridgehead atoms. The molecular formula is C23H24F3N5O3S2. The van der Waals surface area contributed by atoms with Crippen LogP contribution in [-0.2, 0) is 33.8 Å². The minimum absolute atomic E-state index is 0.00373. The molecule has 192 valence electrons. The lowest BCUT2D eigenvalue weighted by atomic mass is 10.0. The van der Waals surface area contributed by atoms with Crippen LogP contribution in [0.15, 0.2) is 41.4 Å². The maximum absolute atomic E-state index is 13.1. The van der Waals surface area contributed by atoms with Crippen LogP contribution in [0.3, 0.4) is 0 Å². The van der Waals surface area contributed by atoms with Crippen LogP contribution in [0, 0.1) is 5.92 Å². The van der Waals surface area contributed by atoms with Crippen LogP contribution in [0.2, 0.25) is 0 Å². The van der Waals surface area contributed by atoms with Gasteiger partial charge in [0.2, 0.25) is 11.9 Å². The maximum atomic E-state index is 13.1. The van der Waals surface area contributed by atoms with Gasteiger partial charge in [-0.1, -0.05) is 44.2 Å². The molecule has 1 unspecified atom stereocenters. The molecule has 0 spiro atoms. The number of anilines is 2. The minimum atomic E-state index is -4.57. The smallest absolute Gasteiger partial charge is 0.327 e. The number of nitrogens with one attached hydrogen (secondary N) is 1. The number of rotatable bonds is 7. The molecule has 36 heavy (non-hydrogen) atoms. The molecular weight excluding hydrogens is 515 g/mol. The van der Waals surface area contributed by atoms with Crippen molar-refractivity contribution in [2.45, 2.75) is 50.9 Å². The second-order valence-electron chi connectivity index (χ2n) is 8.66. The van der Waals surface area contributed by atoms with Crippen LogP contribution in [-0.4, -0.2) is 35.0 Å². The summed E-state index contributed by atoms with van der Waals surface area (Å²) in [5.41, 5.74) is 0.325. The van der Waals surface area contributed by atoms with Crippen LogP contribution >= 0.6 is 11.3 Å². The lowest BCUT2D eigenvalue weighted by Gasteiger charge is -2.28. The summed E-state index contributed by atoms with van der Waals surface area (Å²) in [5.74, 6) is -0.343. The number of aromatic nitrogens is 3. The zero-order valence-electron chi connectivity index (χ0n) is 19.7. The van der Waals surface area contributed by atoms with Gasteiger partial charge in [0.15, 0.2) is 15.0 Å². The number of hydrogen-bond acceptors (Lipinski definition) is 8. The third kappa shape index (κ3) is 5.36. The molecule has 8 nitrogen and oxygen atoms in total. The van der Waals surface area contributed by atoms with Gasteiger partial charge in [-0.05, 0) is 29.7 Å². The third-order valence-electron chi connectivity index (χ3n) is 5.75. The molecule has 0 fully saturated rings. The minimum Gasteiger partial charge on any atom is -0.327 e. The first-order chi connectivity index (χ1) is 16.9. The van der Waals surface area contributed by atoms with Gasteiger partial charge in [0.1, 0.15) is 5.69 Å². The lowest BCUT2D eigenvalue weighted by Crippen LogP contribution is -2.28. The molecule has 1 amide bonds.